The Labute approximate surface area is 162 Å². The molecule has 0 aliphatic heterocycles. The molecule has 1 unspecified atom stereocenters. The average molecular weight is 392 g/mol. The van der Waals surface area contributed by atoms with Crippen molar-refractivity contribution in [2.75, 3.05) is 6.54 Å². The Balaban J connectivity index is 1.97. The summed E-state index contributed by atoms with van der Waals surface area (Å²) < 4.78 is 27.8. The van der Waals surface area contributed by atoms with Gasteiger partial charge in [0, 0.05) is 16.7 Å². The van der Waals surface area contributed by atoms with Crippen molar-refractivity contribution in [1.82, 2.24) is 4.72 Å². The number of nitrogens with one attached hydrogen (secondary N) is 1. The third kappa shape index (κ3) is 6.45. The Morgan fingerprint density at radius 2 is 1.65 bits per heavy atom. The summed E-state index contributed by atoms with van der Waals surface area (Å²) in [5.41, 5.74) is 0.924. The van der Waals surface area contributed by atoms with Crippen molar-refractivity contribution >= 4 is 21.8 Å². The first-order chi connectivity index (χ1) is 12.2. The molecule has 0 amide bonds. The molecule has 26 heavy (non-hydrogen) atoms. The molecule has 0 fully saturated rings. The van der Waals surface area contributed by atoms with Crippen LogP contribution in [0.3, 0.4) is 0 Å². The molecule has 0 saturated carbocycles. The zero-order valence-corrected chi connectivity index (χ0v) is 17.7. The molecule has 1 atom stereocenters. The van der Waals surface area contributed by atoms with Gasteiger partial charge < -0.3 is 0 Å². The van der Waals surface area contributed by atoms with E-state index in [2.05, 4.69) is 49.8 Å². The molecule has 0 saturated heterocycles. The van der Waals surface area contributed by atoms with Crippen molar-refractivity contribution in [2.24, 2.45) is 5.41 Å². The average Bonchev–Trinajstić information content (AvgIpc) is 2.61. The smallest absolute Gasteiger partial charge is 0.211 e. The van der Waals surface area contributed by atoms with E-state index in [0.29, 0.717) is 16.7 Å². The van der Waals surface area contributed by atoms with Crippen LogP contribution in [0.2, 0.25) is 0 Å². The van der Waals surface area contributed by atoms with Crippen LogP contribution in [0.15, 0.2) is 64.4 Å². The summed E-state index contributed by atoms with van der Waals surface area (Å²) in [5, 5.41) is 0.455. The van der Waals surface area contributed by atoms with Crippen molar-refractivity contribution in [1.29, 1.82) is 0 Å². The predicted octanol–water partition coefficient (Wildman–Crippen LogP) is 5.26. The summed E-state index contributed by atoms with van der Waals surface area (Å²) in [4.78, 5) is 1.58. The van der Waals surface area contributed by atoms with E-state index in [0.717, 1.165) is 18.4 Å². The van der Waals surface area contributed by atoms with Gasteiger partial charge in [-0.3, -0.25) is 0 Å². The first-order valence-corrected chi connectivity index (χ1v) is 11.4. The molecule has 2 aromatic carbocycles. The van der Waals surface area contributed by atoms with Gasteiger partial charge in [-0.1, -0.05) is 56.7 Å². The summed E-state index contributed by atoms with van der Waals surface area (Å²) in [5.74, 6) is 0. The predicted molar refractivity (Wildman–Crippen MR) is 111 cm³/mol. The first kappa shape index (κ1) is 21.0. The van der Waals surface area contributed by atoms with E-state index in [1.54, 1.807) is 12.1 Å². The molecular weight excluding hydrogens is 362 g/mol. The molecule has 0 aliphatic carbocycles. The minimum absolute atomic E-state index is 0.125. The van der Waals surface area contributed by atoms with Gasteiger partial charge >= 0.3 is 0 Å². The Kier molecular flexibility index (Phi) is 7.33. The highest BCUT2D eigenvalue weighted by atomic mass is 32.2. The highest BCUT2D eigenvalue weighted by Gasteiger charge is 2.26. The summed E-state index contributed by atoms with van der Waals surface area (Å²) in [6.45, 7) is 8.81. The number of rotatable bonds is 9. The molecule has 2 rings (SSSR count). The van der Waals surface area contributed by atoms with Gasteiger partial charge in [0.2, 0.25) is 10.0 Å². The number of sulfonamides is 1. The van der Waals surface area contributed by atoms with Gasteiger partial charge in [-0.15, -0.1) is 11.8 Å². The van der Waals surface area contributed by atoms with Gasteiger partial charge in [0.1, 0.15) is 0 Å². The minimum Gasteiger partial charge on any atom is -0.211 e. The first-order valence-electron chi connectivity index (χ1n) is 9.00. The largest absolute Gasteiger partial charge is 0.240 e. The van der Waals surface area contributed by atoms with Crippen LogP contribution in [0.5, 0.6) is 0 Å². The van der Waals surface area contributed by atoms with E-state index >= 15 is 0 Å². The molecule has 142 valence electrons. The maximum atomic E-state index is 12.5. The molecule has 0 heterocycles. The lowest BCUT2D eigenvalue weighted by molar-refractivity contribution is 0.328. The number of hydrogen-bond donors (Lipinski definition) is 1. The summed E-state index contributed by atoms with van der Waals surface area (Å²) in [6, 6.07) is 17.3. The lowest BCUT2D eigenvalue weighted by Gasteiger charge is -2.29. The van der Waals surface area contributed by atoms with Gasteiger partial charge in [-0.2, -0.15) is 0 Å². The molecule has 0 aliphatic rings. The van der Waals surface area contributed by atoms with Crippen LogP contribution in [-0.2, 0) is 10.0 Å². The Morgan fingerprint density at radius 3 is 2.23 bits per heavy atom. The zero-order chi connectivity index (χ0) is 19.2. The van der Waals surface area contributed by atoms with Crippen molar-refractivity contribution in [3.8, 4) is 0 Å². The molecule has 0 spiro atoms. The Morgan fingerprint density at radius 1 is 1.04 bits per heavy atom. The fourth-order valence-corrected chi connectivity index (χ4v) is 5.38. The topological polar surface area (TPSA) is 46.2 Å². The summed E-state index contributed by atoms with van der Waals surface area (Å²) in [6.07, 6.45) is 1.99. The lowest BCUT2D eigenvalue weighted by atomic mass is 9.87. The summed E-state index contributed by atoms with van der Waals surface area (Å²) in [7, 11) is -3.47. The van der Waals surface area contributed by atoms with Gasteiger partial charge in [0.15, 0.2) is 0 Å². The second kappa shape index (κ2) is 9.07. The molecular formula is C21H29NO2S2. The molecule has 1 N–H and O–H groups in total. The van der Waals surface area contributed by atoms with Gasteiger partial charge in [0.25, 0.3) is 0 Å². The van der Waals surface area contributed by atoms with E-state index in [4.69, 9.17) is 0 Å². The number of hydrogen-bond acceptors (Lipinski definition) is 3. The van der Waals surface area contributed by atoms with Crippen LogP contribution >= 0.6 is 11.8 Å². The van der Waals surface area contributed by atoms with E-state index in [-0.39, 0.29) is 5.41 Å². The second-order valence-electron chi connectivity index (χ2n) is 7.47. The van der Waals surface area contributed by atoms with E-state index < -0.39 is 10.0 Å². The van der Waals surface area contributed by atoms with E-state index in [9.17, 15) is 8.42 Å². The van der Waals surface area contributed by atoms with Crippen molar-refractivity contribution in [3.05, 3.63) is 60.2 Å². The highest BCUT2D eigenvalue weighted by molar-refractivity contribution is 8.00. The number of aryl methyl sites for hydroxylation is 1. The van der Waals surface area contributed by atoms with E-state index in [1.807, 2.05) is 36.9 Å². The van der Waals surface area contributed by atoms with Crippen LogP contribution in [0, 0.1) is 12.3 Å². The summed E-state index contributed by atoms with van der Waals surface area (Å²) >= 11 is 1.87. The molecule has 0 bridgehead atoms. The standard InChI is InChI=1S/C21H29NO2S2/c1-5-18(25-19-9-7-6-8-10-19)15-21(3,4)16-22-26(23,24)20-13-11-17(2)12-14-20/h6-14,18,22H,5,15-16H2,1-4H3. The van der Waals surface area contributed by atoms with Crippen LogP contribution in [0.25, 0.3) is 0 Å². The van der Waals surface area contributed by atoms with Crippen LogP contribution in [-0.4, -0.2) is 20.2 Å². The molecule has 5 heteroatoms. The number of benzene rings is 2. The van der Waals surface area contributed by atoms with E-state index in [1.165, 1.54) is 4.90 Å². The normalized spacial score (nSPS) is 13.5. The minimum atomic E-state index is -3.47. The third-order valence-corrected chi connectivity index (χ3v) is 7.15. The van der Waals surface area contributed by atoms with Crippen LogP contribution in [0.4, 0.5) is 0 Å². The maximum absolute atomic E-state index is 12.5. The quantitative estimate of drug-likeness (QED) is 0.593. The van der Waals surface area contributed by atoms with Crippen molar-refractivity contribution in [2.45, 2.75) is 55.6 Å². The van der Waals surface area contributed by atoms with Crippen LogP contribution in [0.1, 0.15) is 39.2 Å². The van der Waals surface area contributed by atoms with Crippen molar-refractivity contribution < 1.29 is 8.42 Å². The monoisotopic (exact) mass is 391 g/mol. The van der Waals surface area contributed by atoms with Gasteiger partial charge in [0.05, 0.1) is 4.90 Å². The fraction of sp³-hybridized carbons (Fsp3) is 0.429. The van der Waals surface area contributed by atoms with Gasteiger partial charge in [-0.05, 0) is 49.4 Å². The Bertz CT molecular complexity index is 785. The second-order valence-corrected chi connectivity index (χ2v) is 10.6. The molecule has 3 nitrogen and oxygen atoms in total. The molecule has 0 aromatic heterocycles. The van der Waals surface area contributed by atoms with Crippen molar-refractivity contribution in [3.63, 3.8) is 0 Å². The Hall–Kier alpha value is -1.30. The van der Waals surface area contributed by atoms with Crippen LogP contribution < -0.4 is 4.72 Å². The molecule has 2 aromatic rings. The highest BCUT2D eigenvalue weighted by Crippen LogP contribution is 2.34. The zero-order valence-electron chi connectivity index (χ0n) is 16.0. The maximum Gasteiger partial charge on any atom is 0.240 e. The number of thioether (sulfide) groups is 1. The SMILES string of the molecule is CCC(CC(C)(C)CNS(=O)(=O)c1ccc(C)cc1)Sc1ccccc1. The van der Waals surface area contributed by atoms with Gasteiger partial charge in [-0.25, -0.2) is 13.1 Å². The lowest BCUT2D eigenvalue weighted by Crippen LogP contribution is -2.35. The third-order valence-electron chi connectivity index (χ3n) is 4.35. The fourth-order valence-electron chi connectivity index (χ4n) is 2.74. The molecule has 0 radical (unpaired) electrons.